The van der Waals surface area contributed by atoms with Crippen molar-refractivity contribution in [2.24, 2.45) is 0 Å². The van der Waals surface area contributed by atoms with Crippen LogP contribution in [-0.2, 0) is 10.0 Å². The second kappa shape index (κ2) is 11.1. The Kier molecular flexibility index (Phi) is 8.34. The average molecular weight is 530 g/mol. The summed E-state index contributed by atoms with van der Waals surface area (Å²) >= 11 is 0. The van der Waals surface area contributed by atoms with Crippen molar-refractivity contribution in [3.05, 3.63) is 69.4 Å². The van der Waals surface area contributed by atoms with Gasteiger partial charge in [-0.25, -0.2) is 13.1 Å². The molecule has 198 valence electrons. The molecular weight excluding hydrogens is 498 g/mol. The number of aromatic nitrogens is 2. The van der Waals surface area contributed by atoms with Gasteiger partial charge >= 0.3 is 0 Å². The Morgan fingerprint density at radius 1 is 1.14 bits per heavy atom. The summed E-state index contributed by atoms with van der Waals surface area (Å²) in [6, 6.07) is 10.1. The summed E-state index contributed by atoms with van der Waals surface area (Å²) in [5, 5.41) is 18.7. The molecule has 0 aliphatic carbocycles. The number of nitro benzene ring substituents is 1. The smallest absolute Gasteiger partial charge is 0.272 e. The standard InChI is InChI=1S/C25H31N5O6S/c1-7-17(5)26-24(31)23-18(6)25(29(27-23)19-10-8-16(4)9-11-19)36-21-13-12-20(30(32)33)14-22(21)37(34,35)28-15(2)3/h8-15,17,28H,7H2,1-6H3,(H,26,31)/t17-/m0/s1. The highest BCUT2D eigenvalue weighted by Crippen LogP contribution is 2.35. The lowest BCUT2D eigenvalue weighted by Crippen LogP contribution is -2.32. The summed E-state index contributed by atoms with van der Waals surface area (Å²) in [5.74, 6) is -0.447. The largest absolute Gasteiger partial charge is 0.437 e. The number of carbonyl (C=O) groups excluding carboxylic acids is 1. The summed E-state index contributed by atoms with van der Waals surface area (Å²) in [6.45, 7) is 10.7. The van der Waals surface area contributed by atoms with Crippen LogP contribution in [0.25, 0.3) is 5.69 Å². The third-order valence-electron chi connectivity index (χ3n) is 5.58. The van der Waals surface area contributed by atoms with E-state index in [2.05, 4.69) is 15.1 Å². The Morgan fingerprint density at radius 2 is 1.78 bits per heavy atom. The number of sulfonamides is 1. The van der Waals surface area contributed by atoms with E-state index in [0.717, 1.165) is 24.1 Å². The number of ether oxygens (including phenoxy) is 1. The SMILES string of the molecule is CC[C@H](C)NC(=O)c1nn(-c2ccc(C)cc2)c(Oc2ccc([N+](=O)[O-])cc2S(=O)(=O)NC(C)C)c1C. The summed E-state index contributed by atoms with van der Waals surface area (Å²) in [5.41, 5.74) is 1.67. The van der Waals surface area contributed by atoms with Crippen molar-refractivity contribution in [3.8, 4) is 17.3 Å². The highest BCUT2D eigenvalue weighted by atomic mass is 32.2. The van der Waals surface area contributed by atoms with Crippen LogP contribution < -0.4 is 14.8 Å². The first kappa shape index (κ1) is 27.8. The van der Waals surface area contributed by atoms with Gasteiger partial charge in [-0.3, -0.25) is 14.9 Å². The maximum Gasteiger partial charge on any atom is 0.272 e. The van der Waals surface area contributed by atoms with Crippen molar-refractivity contribution in [1.29, 1.82) is 0 Å². The van der Waals surface area contributed by atoms with Gasteiger partial charge < -0.3 is 10.1 Å². The number of hydrogen-bond acceptors (Lipinski definition) is 7. The summed E-state index contributed by atoms with van der Waals surface area (Å²) in [4.78, 5) is 23.3. The van der Waals surface area contributed by atoms with Crippen LogP contribution in [0, 0.1) is 24.0 Å². The number of nitrogens with zero attached hydrogens (tertiary/aromatic N) is 3. The van der Waals surface area contributed by atoms with Gasteiger partial charge in [-0.15, -0.1) is 0 Å². The van der Waals surface area contributed by atoms with E-state index in [0.29, 0.717) is 11.3 Å². The summed E-state index contributed by atoms with van der Waals surface area (Å²) in [6.07, 6.45) is 0.722. The van der Waals surface area contributed by atoms with Crippen molar-refractivity contribution in [2.75, 3.05) is 0 Å². The number of nitro groups is 1. The minimum absolute atomic E-state index is 0.0886. The normalized spacial score (nSPS) is 12.4. The third kappa shape index (κ3) is 6.33. The van der Waals surface area contributed by atoms with Gasteiger partial charge in [0.1, 0.15) is 10.6 Å². The maximum absolute atomic E-state index is 13.1. The molecule has 1 atom stereocenters. The summed E-state index contributed by atoms with van der Waals surface area (Å²) < 4.78 is 36.1. The highest BCUT2D eigenvalue weighted by molar-refractivity contribution is 7.89. The molecule has 11 nitrogen and oxygen atoms in total. The van der Waals surface area contributed by atoms with Crippen LogP contribution in [0.4, 0.5) is 5.69 Å². The van der Waals surface area contributed by atoms with Gasteiger partial charge in [-0.05, 0) is 59.2 Å². The van der Waals surface area contributed by atoms with Crippen LogP contribution in [0.15, 0.2) is 47.4 Å². The van der Waals surface area contributed by atoms with Crippen molar-refractivity contribution in [1.82, 2.24) is 19.8 Å². The lowest BCUT2D eigenvalue weighted by atomic mass is 10.2. The zero-order valence-corrected chi connectivity index (χ0v) is 22.4. The monoisotopic (exact) mass is 529 g/mol. The van der Waals surface area contributed by atoms with E-state index in [9.17, 15) is 23.3 Å². The number of hydrogen-bond donors (Lipinski definition) is 2. The molecule has 1 amide bonds. The zero-order chi connectivity index (χ0) is 27.5. The molecule has 3 aromatic rings. The Balaban J connectivity index is 2.20. The number of non-ortho nitro benzene ring substituents is 1. The number of aryl methyl sites for hydroxylation is 1. The fourth-order valence-corrected chi connectivity index (χ4v) is 4.85. The quantitative estimate of drug-likeness (QED) is 0.292. The van der Waals surface area contributed by atoms with Crippen LogP contribution >= 0.6 is 0 Å². The molecule has 37 heavy (non-hydrogen) atoms. The number of carbonyl (C=O) groups is 1. The van der Waals surface area contributed by atoms with Gasteiger partial charge in [0.05, 0.1) is 10.6 Å². The molecule has 0 saturated carbocycles. The Morgan fingerprint density at radius 3 is 2.35 bits per heavy atom. The molecule has 1 aromatic heterocycles. The topological polar surface area (TPSA) is 145 Å². The summed E-state index contributed by atoms with van der Waals surface area (Å²) in [7, 11) is -4.18. The minimum atomic E-state index is -4.18. The predicted octanol–water partition coefficient (Wildman–Crippen LogP) is 4.40. The van der Waals surface area contributed by atoms with Gasteiger partial charge in [-0.1, -0.05) is 24.6 Å². The molecule has 2 N–H and O–H groups in total. The maximum atomic E-state index is 13.1. The lowest BCUT2D eigenvalue weighted by molar-refractivity contribution is -0.385. The molecule has 1 heterocycles. The molecule has 3 rings (SSSR count). The van der Waals surface area contributed by atoms with Gasteiger partial charge in [0.2, 0.25) is 15.9 Å². The van der Waals surface area contributed by atoms with Crippen LogP contribution in [0.1, 0.15) is 55.7 Å². The Labute approximate surface area is 216 Å². The molecule has 0 saturated heterocycles. The molecule has 0 spiro atoms. The Bertz CT molecular complexity index is 1410. The number of amides is 1. The molecule has 12 heteroatoms. The van der Waals surface area contributed by atoms with E-state index in [-0.39, 0.29) is 23.4 Å². The van der Waals surface area contributed by atoms with E-state index >= 15 is 0 Å². The first-order chi connectivity index (χ1) is 17.3. The van der Waals surface area contributed by atoms with Gasteiger partial charge in [0.15, 0.2) is 5.69 Å². The first-order valence-corrected chi connectivity index (χ1v) is 13.3. The minimum Gasteiger partial charge on any atom is -0.437 e. The van der Waals surface area contributed by atoms with Crippen LogP contribution in [-0.4, -0.2) is 41.1 Å². The number of benzene rings is 2. The van der Waals surface area contributed by atoms with E-state index in [1.807, 2.05) is 32.9 Å². The van der Waals surface area contributed by atoms with Gasteiger partial charge in [0, 0.05) is 29.8 Å². The molecule has 0 radical (unpaired) electrons. The van der Waals surface area contributed by atoms with Gasteiger partial charge in [-0.2, -0.15) is 9.78 Å². The Hall–Kier alpha value is -3.77. The lowest BCUT2D eigenvalue weighted by Gasteiger charge is -2.15. The van der Waals surface area contributed by atoms with Crippen LogP contribution in [0.3, 0.4) is 0 Å². The van der Waals surface area contributed by atoms with Crippen molar-refractivity contribution in [3.63, 3.8) is 0 Å². The van der Waals surface area contributed by atoms with Crippen molar-refractivity contribution in [2.45, 2.75) is 64.9 Å². The highest BCUT2D eigenvalue weighted by Gasteiger charge is 2.28. The van der Waals surface area contributed by atoms with Gasteiger partial charge in [0.25, 0.3) is 11.6 Å². The number of nitrogens with one attached hydrogen (secondary N) is 2. The first-order valence-electron chi connectivity index (χ1n) is 11.8. The van der Waals surface area contributed by atoms with Crippen LogP contribution in [0.2, 0.25) is 0 Å². The fraction of sp³-hybridized carbons (Fsp3) is 0.360. The molecule has 0 fully saturated rings. The van der Waals surface area contributed by atoms with Crippen molar-refractivity contribution < 1.29 is 22.9 Å². The molecule has 0 bridgehead atoms. The zero-order valence-electron chi connectivity index (χ0n) is 21.6. The second-order valence-corrected chi connectivity index (χ2v) is 10.8. The second-order valence-electron chi connectivity index (χ2n) is 9.08. The van der Waals surface area contributed by atoms with E-state index < -0.39 is 37.5 Å². The third-order valence-corrected chi connectivity index (χ3v) is 7.26. The molecule has 0 unspecified atom stereocenters. The predicted molar refractivity (Wildman–Crippen MR) is 139 cm³/mol. The van der Waals surface area contributed by atoms with E-state index in [4.69, 9.17) is 4.74 Å². The fourth-order valence-electron chi connectivity index (χ4n) is 3.45. The number of rotatable bonds is 10. The van der Waals surface area contributed by atoms with Crippen molar-refractivity contribution >= 4 is 21.6 Å². The molecule has 0 aliphatic heterocycles. The molecule has 0 aliphatic rings. The van der Waals surface area contributed by atoms with E-state index in [1.54, 1.807) is 32.9 Å². The van der Waals surface area contributed by atoms with Crippen LogP contribution in [0.5, 0.6) is 11.6 Å². The molecular formula is C25H31N5O6S. The van der Waals surface area contributed by atoms with E-state index in [1.165, 1.54) is 10.7 Å². The average Bonchev–Trinajstić information content (AvgIpc) is 3.14. The molecule has 2 aromatic carbocycles.